The summed E-state index contributed by atoms with van der Waals surface area (Å²) in [5, 5.41) is 12.3. The summed E-state index contributed by atoms with van der Waals surface area (Å²) in [5.41, 5.74) is 2.45. The molecule has 2 aromatic rings. The molecule has 0 spiro atoms. The van der Waals surface area contributed by atoms with Crippen LogP contribution in [0.15, 0.2) is 40.8 Å². The van der Waals surface area contributed by atoms with Crippen LogP contribution in [0.3, 0.4) is 0 Å². The number of hydrogen-bond donors (Lipinski definition) is 2. The highest BCUT2D eigenvalue weighted by Crippen LogP contribution is 2.19. The van der Waals surface area contributed by atoms with Crippen molar-refractivity contribution in [2.24, 2.45) is 5.92 Å². The Kier molecular flexibility index (Phi) is 5.36. The van der Waals surface area contributed by atoms with Crippen LogP contribution in [-0.2, 0) is 19.7 Å². The normalized spacial score (nSPS) is 19.0. The van der Waals surface area contributed by atoms with E-state index in [1.807, 2.05) is 6.07 Å². The van der Waals surface area contributed by atoms with E-state index in [9.17, 15) is 0 Å². The Bertz CT molecular complexity index is 606. The van der Waals surface area contributed by atoms with Gasteiger partial charge in [0.25, 0.3) is 0 Å². The third-order valence-corrected chi connectivity index (χ3v) is 4.44. The number of likely N-dealkylation sites (tertiary alicyclic amines) is 1. The van der Waals surface area contributed by atoms with E-state index in [4.69, 9.17) is 9.52 Å². The second-order valence-electron chi connectivity index (χ2n) is 6.56. The second-order valence-corrected chi connectivity index (χ2v) is 6.56. The molecule has 0 radical (unpaired) electrons. The first-order chi connectivity index (χ1) is 11.2. The monoisotopic (exact) mass is 314 g/mol. The summed E-state index contributed by atoms with van der Waals surface area (Å²) in [5.74, 6) is 2.26. The summed E-state index contributed by atoms with van der Waals surface area (Å²) >= 11 is 0. The van der Waals surface area contributed by atoms with Crippen LogP contribution in [-0.4, -0.2) is 23.1 Å². The average molecular weight is 314 g/mol. The smallest absolute Gasteiger partial charge is 0.129 e. The van der Waals surface area contributed by atoms with E-state index in [1.54, 1.807) is 6.07 Å². The van der Waals surface area contributed by atoms with Crippen molar-refractivity contribution in [1.82, 2.24) is 4.90 Å². The minimum Gasteiger partial charge on any atom is -0.462 e. The zero-order valence-electron chi connectivity index (χ0n) is 13.8. The summed E-state index contributed by atoms with van der Waals surface area (Å²) in [6, 6.07) is 12.3. The van der Waals surface area contributed by atoms with Crippen molar-refractivity contribution in [1.29, 1.82) is 0 Å². The minimum absolute atomic E-state index is 0.0518. The van der Waals surface area contributed by atoms with Gasteiger partial charge in [0.1, 0.15) is 18.1 Å². The molecule has 2 heterocycles. The molecule has 0 amide bonds. The van der Waals surface area contributed by atoms with Crippen molar-refractivity contribution in [3.05, 3.63) is 53.5 Å². The topological polar surface area (TPSA) is 48.6 Å². The SMILES string of the molecule is C[C@@H]1CCCN(Cc2ccc(NCc3ccc(CO)o3)cc2)C1. The standard InChI is InChI=1S/C19H26N2O2/c1-15-3-2-10-21(12-15)13-16-4-6-17(7-5-16)20-11-18-8-9-19(14-22)23-18/h4-9,15,20,22H,2-3,10-14H2,1H3/t15-/m1/s1. The van der Waals surface area contributed by atoms with Crippen molar-refractivity contribution in [2.75, 3.05) is 18.4 Å². The summed E-state index contributed by atoms with van der Waals surface area (Å²) in [6.45, 7) is 6.40. The summed E-state index contributed by atoms with van der Waals surface area (Å²) in [4.78, 5) is 2.55. The molecule has 0 aliphatic carbocycles. The lowest BCUT2D eigenvalue weighted by atomic mass is 10.00. The first-order valence-electron chi connectivity index (χ1n) is 8.46. The molecule has 1 aliphatic heterocycles. The first-order valence-corrected chi connectivity index (χ1v) is 8.46. The fourth-order valence-corrected chi connectivity index (χ4v) is 3.21. The Morgan fingerprint density at radius 2 is 1.96 bits per heavy atom. The van der Waals surface area contributed by atoms with Gasteiger partial charge in [0.05, 0.1) is 6.54 Å². The highest BCUT2D eigenvalue weighted by Gasteiger charge is 2.16. The number of rotatable bonds is 6. The molecule has 1 fully saturated rings. The molecule has 1 aromatic carbocycles. The van der Waals surface area contributed by atoms with Gasteiger partial charge in [-0.05, 0) is 55.1 Å². The largest absolute Gasteiger partial charge is 0.462 e. The molecule has 0 unspecified atom stereocenters. The quantitative estimate of drug-likeness (QED) is 0.855. The predicted molar refractivity (Wildman–Crippen MR) is 92.1 cm³/mol. The van der Waals surface area contributed by atoms with Crippen LogP contribution < -0.4 is 5.32 Å². The van der Waals surface area contributed by atoms with Gasteiger partial charge in [-0.15, -0.1) is 0 Å². The maximum atomic E-state index is 9.00. The Morgan fingerprint density at radius 3 is 2.65 bits per heavy atom. The highest BCUT2D eigenvalue weighted by molar-refractivity contribution is 5.44. The van der Waals surface area contributed by atoms with Crippen molar-refractivity contribution < 1.29 is 9.52 Å². The molecule has 23 heavy (non-hydrogen) atoms. The molecule has 1 atom stereocenters. The molecule has 3 rings (SSSR count). The van der Waals surface area contributed by atoms with E-state index in [0.29, 0.717) is 12.3 Å². The van der Waals surface area contributed by atoms with E-state index in [2.05, 4.69) is 41.4 Å². The maximum Gasteiger partial charge on any atom is 0.129 e. The van der Waals surface area contributed by atoms with E-state index < -0.39 is 0 Å². The number of nitrogens with zero attached hydrogens (tertiary/aromatic N) is 1. The molecule has 0 saturated carbocycles. The molecular weight excluding hydrogens is 288 g/mol. The molecule has 2 N–H and O–H groups in total. The number of nitrogens with one attached hydrogen (secondary N) is 1. The maximum absolute atomic E-state index is 9.00. The fraction of sp³-hybridized carbons (Fsp3) is 0.474. The first kappa shape index (κ1) is 16.1. The molecule has 1 saturated heterocycles. The van der Waals surface area contributed by atoms with Gasteiger partial charge < -0.3 is 14.8 Å². The number of furan rings is 1. The Hall–Kier alpha value is -1.78. The number of aliphatic hydroxyl groups excluding tert-OH is 1. The van der Waals surface area contributed by atoms with Gasteiger partial charge in [0.15, 0.2) is 0 Å². The molecule has 124 valence electrons. The summed E-state index contributed by atoms with van der Waals surface area (Å²) in [6.07, 6.45) is 2.68. The van der Waals surface area contributed by atoms with E-state index >= 15 is 0 Å². The Balaban J connectivity index is 1.50. The van der Waals surface area contributed by atoms with Gasteiger partial charge in [0.2, 0.25) is 0 Å². The van der Waals surface area contributed by atoms with Crippen LogP contribution in [0.25, 0.3) is 0 Å². The van der Waals surface area contributed by atoms with Crippen molar-refractivity contribution in [2.45, 2.75) is 39.5 Å². The number of piperidine rings is 1. The van der Waals surface area contributed by atoms with Crippen LogP contribution >= 0.6 is 0 Å². The van der Waals surface area contributed by atoms with Crippen LogP contribution in [0, 0.1) is 5.92 Å². The second kappa shape index (κ2) is 7.66. The van der Waals surface area contributed by atoms with Crippen molar-refractivity contribution in [3.8, 4) is 0 Å². The lowest BCUT2D eigenvalue weighted by Crippen LogP contribution is -2.33. The predicted octanol–water partition coefficient (Wildman–Crippen LogP) is 3.62. The Morgan fingerprint density at radius 1 is 1.17 bits per heavy atom. The molecule has 1 aliphatic rings. The highest BCUT2D eigenvalue weighted by atomic mass is 16.4. The van der Waals surface area contributed by atoms with Gasteiger partial charge >= 0.3 is 0 Å². The van der Waals surface area contributed by atoms with Crippen molar-refractivity contribution in [3.63, 3.8) is 0 Å². The van der Waals surface area contributed by atoms with Crippen LogP contribution in [0.4, 0.5) is 5.69 Å². The van der Waals surface area contributed by atoms with Crippen LogP contribution in [0.1, 0.15) is 36.8 Å². The zero-order chi connectivity index (χ0) is 16.1. The molecule has 0 bridgehead atoms. The van der Waals surface area contributed by atoms with E-state index in [-0.39, 0.29) is 6.61 Å². The van der Waals surface area contributed by atoms with E-state index in [1.165, 1.54) is 31.5 Å². The number of benzene rings is 1. The lowest BCUT2D eigenvalue weighted by Gasteiger charge is -2.30. The summed E-state index contributed by atoms with van der Waals surface area (Å²) in [7, 11) is 0. The third-order valence-electron chi connectivity index (χ3n) is 4.44. The third kappa shape index (κ3) is 4.60. The van der Waals surface area contributed by atoms with Gasteiger partial charge in [-0.25, -0.2) is 0 Å². The lowest BCUT2D eigenvalue weighted by molar-refractivity contribution is 0.176. The van der Waals surface area contributed by atoms with Crippen LogP contribution in [0.2, 0.25) is 0 Å². The number of anilines is 1. The molecule has 4 nitrogen and oxygen atoms in total. The Labute approximate surface area is 138 Å². The van der Waals surface area contributed by atoms with Crippen molar-refractivity contribution >= 4 is 5.69 Å². The number of hydrogen-bond acceptors (Lipinski definition) is 4. The minimum atomic E-state index is -0.0518. The van der Waals surface area contributed by atoms with Gasteiger partial charge in [-0.2, -0.15) is 0 Å². The summed E-state index contributed by atoms with van der Waals surface area (Å²) < 4.78 is 5.47. The van der Waals surface area contributed by atoms with Gasteiger partial charge in [-0.3, -0.25) is 4.90 Å². The van der Waals surface area contributed by atoms with Gasteiger partial charge in [-0.1, -0.05) is 19.1 Å². The van der Waals surface area contributed by atoms with E-state index in [0.717, 1.165) is 23.9 Å². The average Bonchev–Trinajstić information content (AvgIpc) is 3.02. The fourth-order valence-electron chi connectivity index (χ4n) is 3.21. The number of aliphatic hydroxyl groups is 1. The zero-order valence-corrected chi connectivity index (χ0v) is 13.8. The molecule has 4 heteroatoms. The van der Waals surface area contributed by atoms with Gasteiger partial charge in [0, 0.05) is 18.8 Å². The van der Waals surface area contributed by atoms with Crippen LogP contribution in [0.5, 0.6) is 0 Å². The molecular formula is C19H26N2O2. The molecule has 1 aromatic heterocycles.